The van der Waals surface area contributed by atoms with E-state index in [1.807, 2.05) is 55.7 Å². The average Bonchev–Trinajstić information content (AvgIpc) is 2.93. The van der Waals surface area contributed by atoms with Crippen LogP contribution in [-0.4, -0.2) is 52.1 Å². The molecule has 1 aromatic heterocycles. The molecule has 1 fully saturated rings. The van der Waals surface area contributed by atoms with Gasteiger partial charge in [-0.2, -0.15) is 0 Å². The zero-order chi connectivity index (χ0) is 22.7. The summed E-state index contributed by atoms with van der Waals surface area (Å²) in [6.45, 7) is 7.49. The largest absolute Gasteiger partial charge is 0.379 e. The fraction of sp³-hybridized carbons (Fsp3) is 0.615. The van der Waals surface area contributed by atoms with Crippen molar-refractivity contribution in [3.63, 3.8) is 0 Å². The molecule has 6 heteroatoms. The van der Waals surface area contributed by atoms with Crippen LogP contribution in [0.2, 0.25) is 0 Å². The lowest BCUT2D eigenvalue weighted by Crippen LogP contribution is -2.65. The molecule has 2 heterocycles. The summed E-state index contributed by atoms with van der Waals surface area (Å²) in [6, 6.07) is 10.2. The van der Waals surface area contributed by atoms with Crippen molar-refractivity contribution in [2.24, 2.45) is 0 Å². The maximum Gasteiger partial charge on any atom is 0.271 e. The van der Waals surface area contributed by atoms with Gasteiger partial charge in [-0.1, -0.05) is 43.9 Å². The summed E-state index contributed by atoms with van der Waals surface area (Å²) >= 11 is 0. The second kappa shape index (κ2) is 9.65. The SMILES string of the molecule is CC(C)OCCCN1C(=O)c2cc3ccccc3n2C[C@@]1(C)C(=O)NC1CCCCCC1. The molecule has 2 amide bonds. The van der Waals surface area contributed by atoms with E-state index < -0.39 is 5.54 Å². The number of carbonyl (C=O) groups excluding carboxylic acids is 2. The van der Waals surface area contributed by atoms with Crippen molar-refractivity contribution in [1.82, 2.24) is 14.8 Å². The molecule has 0 spiro atoms. The number of hydrogen-bond donors (Lipinski definition) is 1. The number of aromatic nitrogens is 1. The van der Waals surface area contributed by atoms with Gasteiger partial charge in [0.1, 0.15) is 11.2 Å². The van der Waals surface area contributed by atoms with Gasteiger partial charge in [-0.25, -0.2) is 0 Å². The van der Waals surface area contributed by atoms with Gasteiger partial charge in [-0.15, -0.1) is 0 Å². The summed E-state index contributed by atoms with van der Waals surface area (Å²) in [6.07, 6.45) is 7.69. The molecule has 2 aliphatic rings. The molecule has 0 bridgehead atoms. The molecule has 0 saturated heterocycles. The molecule has 0 radical (unpaired) electrons. The zero-order valence-electron chi connectivity index (χ0n) is 19.7. The molecule has 1 saturated carbocycles. The number of para-hydroxylation sites is 1. The molecule has 1 N–H and O–H groups in total. The van der Waals surface area contributed by atoms with Crippen LogP contribution in [-0.2, 0) is 16.1 Å². The van der Waals surface area contributed by atoms with Crippen LogP contribution in [0.1, 0.15) is 76.2 Å². The lowest BCUT2D eigenvalue weighted by Gasteiger charge is -2.44. The molecule has 0 unspecified atom stereocenters. The van der Waals surface area contributed by atoms with Crippen LogP contribution in [0.25, 0.3) is 10.9 Å². The summed E-state index contributed by atoms with van der Waals surface area (Å²) in [5, 5.41) is 4.36. The molecule has 174 valence electrons. The Morgan fingerprint density at radius 1 is 1.19 bits per heavy atom. The minimum absolute atomic E-state index is 0.0361. The third kappa shape index (κ3) is 4.56. The number of hydrogen-bond acceptors (Lipinski definition) is 3. The molecular formula is C26H37N3O3. The highest BCUT2D eigenvalue weighted by Gasteiger charge is 2.47. The lowest BCUT2D eigenvalue weighted by molar-refractivity contribution is -0.133. The first kappa shape index (κ1) is 22.8. The molecule has 2 aromatic rings. The van der Waals surface area contributed by atoms with Crippen molar-refractivity contribution in [1.29, 1.82) is 0 Å². The van der Waals surface area contributed by atoms with E-state index >= 15 is 0 Å². The van der Waals surface area contributed by atoms with E-state index in [1.54, 1.807) is 4.90 Å². The topological polar surface area (TPSA) is 63.6 Å². The third-order valence-electron chi connectivity index (χ3n) is 6.99. The molecular weight excluding hydrogens is 402 g/mol. The highest BCUT2D eigenvalue weighted by Crippen LogP contribution is 2.33. The van der Waals surface area contributed by atoms with Crippen molar-refractivity contribution < 1.29 is 14.3 Å². The minimum Gasteiger partial charge on any atom is -0.379 e. The highest BCUT2D eigenvalue weighted by atomic mass is 16.5. The van der Waals surface area contributed by atoms with E-state index in [9.17, 15) is 9.59 Å². The van der Waals surface area contributed by atoms with E-state index in [2.05, 4.69) is 5.32 Å². The first-order valence-electron chi connectivity index (χ1n) is 12.2. The molecule has 1 atom stereocenters. The van der Waals surface area contributed by atoms with Crippen molar-refractivity contribution in [2.45, 2.75) is 89.9 Å². The maximum atomic E-state index is 13.7. The fourth-order valence-electron chi connectivity index (χ4n) is 5.16. The van der Waals surface area contributed by atoms with E-state index in [1.165, 1.54) is 12.8 Å². The molecule has 1 aromatic carbocycles. The van der Waals surface area contributed by atoms with Gasteiger partial charge in [0, 0.05) is 30.1 Å². The van der Waals surface area contributed by atoms with Crippen LogP contribution in [0.3, 0.4) is 0 Å². The van der Waals surface area contributed by atoms with E-state index in [4.69, 9.17) is 4.74 Å². The molecule has 1 aliphatic carbocycles. The summed E-state index contributed by atoms with van der Waals surface area (Å²) in [7, 11) is 0. The van der Waals surface area contributed by atoms with Crippen molar-refractivity contribution in [3.05, 3.63) is 36.0 Å². The summed E-state index contributed by atoms with van der Waals surface area (Å²) < 4.78 is 7.74. The number of carbonyl (C=O) groups is 2. The number of fused-ring (bicyclic) bond motifs is 3. The molecule has 6 nitrogen and oxygen atoms in total. The Bertz CT molecular complexity index is 958. The van der Waals surface area contributed by atoms with Crippen molar-refractivity contribution >= 4 is 22.7 Å². The Morgan fingerprint density at radius 2 is 1.91 bits per heavy atom. The number of ether oxygens (including phenoxy) is 1. The van der Waals surface area contributed by atoms with Gasteiger partial charge in [0.15, 0.2) is 0 Å². The summed E-state index contributed by atoms with van der Waals surface area (Å²) in [4.78, 5) is 29.2. The Kier molecular flexibility index (Phi) is 6.89. The minimum atomic E-state index is -0.935. The van der Waals surface area contributed by atoms with Crippen molar-refractivity contribution in [3.8, 4) is 0 Å². The average molecular weight is 440 g/mol. The van der Waals surface area contributed by atoms with E-state index in [-0.39, 0.29) is 24.0 Å². The van der Waals surface area contributed by atoms with Gasteiger partial charge in [-0.05, 0) is 52.2 Å². The summed E-state index contributed by atoms with van der Waals surface area (Å²) in [5.41, 5.74) is 0.735. The normalized spacial score (nSPS) is 22.2. The first-order chi connectivity index (χ1) is 15.4. The number of rotatable bonds is 7. The van der Waals surface area contributed by atoms with Gasteiger partial charge in [0.2, 0.25) is 5.91 Å². The zero-order valence-corrected chi connectivity index (χ0v) is 19.7. The van der Waals surface area contributed by atoms with Crippen LogP contribution in [0, 0.1) is 0 Å². The van der Waals surface area contributed by atoms with Gasteiger partial charge < -0.3 is 19.5 Å². The molecule has 32 heavy (non-hydrogen) atoms. The van der Waals surface area contributed by atoms with Crippen molar-refractivity contribution in [2.75, 3.05) is 13.2 Å². The monoisotopic (exact) mass is 439 g/mol. The highest BCUT2D eigenvalue weighted by molar-refractivity contribution is 6.03. The predicted molar refractivity (Wildman–Crippen MR) is 127 cm³/mol. The Labute approximate surface area is 191 Å². The van der Waals surface area contributed by atoms with Crippen LogP contribution < -0.4 is 5.32 Å². The fourth-order valence-corrected chi connectivity index (χ4v) is 5.16. The van der Waals surface area contributed by atoms with Crippen LogP contribution in [0.15, 0.2) is 30.3 Å². The van der Waals surface area contributed by atoms with Crippen LogP contribution in [0.4, 0.5) is 0 Å². The van der Waals surface area contributed by atoms with E-state index in [0.717, 1.165) is 36.6 Å². The third-order valence-corrected chi connectivity index (χ3v) is 6.99. The number of amides is 2. The quantitative estimate of drug-likeness (QED) is 0.510. The van der Waals surface area contributed by atoms with Gasteiger partial charge >= 0.3 is 0 Å². The maximum absolute atomic E-state index is 13.7. The molecule has 1 aliphatic heterocycles. The van der Waals surface area contributed by atoms with Crippen LogP contribution in [0.5, 0.6) is 0 Å². The number of nitrogens with zero attached hydrogens (tertiary/aromatic N) is 2. The Hall–Kier alpha value is -2.34. The number of nitrogens with one attached hydrogen (secondary N) is 1. The predicted octanol–water partition coefficient (Wildman–Crippen LogP) is 4.51. The lowest BCUT2D eigenvalue weighted by atomic mass is 9.93. The standard InChI is InChI=1S/C26H37N3O3/c1-19(2)32-16-10-15-29-24(30)23-17-20-11-8-9-14-22(20)28(23)18-26(29,3)25(31)27-21-12-6-4-5-7-13-21/h8-9,11,14,17,19,21H,4-7,10,12-13,15-16,18H2,1-3H3,(H,27,31)/t26-/m0/s1. The second-order valence-corrected chi connectivity index (χ2v) is 9.84. The van der Waals surface area contributed by atoms with Gasteiger partial charge in [0.05, 0.1) is 12.6 Å². The van der Waals surface area contributed by atoms with Gasteiger partial charge in [-0.3, -0.25) is 9.59 Å². The molecule has 4 rings (SSSR count). The first-order valence-corrected chi connectivity index (χ1v) is 12.2. The summed E-state index contributed by atoms with van der Waals surface area (Å²) in [5.74, 6) is -0.110. The van der Waals surface area contributed by atoms with Crippen LogP contribution >= 0.6 is 0 Å². The van der Waals surface area contributed by atoms with E-state index in [0.29, 0.717) is 31.8 Å². The van der Waals surface area contributed by atoms with Gasteiger partial charge in [0.25, 0.3) is 5.91 Å². The Balaban J connectivity index is 1.62. The Morgan fingerprint density at radius 3 is 2.62 bits per heavy atom. The second-order valence-electron chi connectivity index (χ2n) is 9.84. The smallest absolute Gasteiger partial charge is 0.271 e. The number of benzene rings is 1.